The normalized spacial score (nSPS) is 12.0. The molecule has 0 aliphatic heterocycles. The molecule has 0 bridgehead atoms. The lowest BCUT2D eigenvalue weighted by atomic mass is 9.99. The molecule has 4 aromatic rings. The van der Waals surface area contributed by atoms with Crippen LogP contribution in [0.2, 0.25) is 0 Å². The van der Waals surface area contributed by atoms with Crippen molar-refractivity contribution in [2.24, 2.45) is 0 Å². The fourth-order valence-corrected chi connectivity index (χ4v) is 3.46. The van der Waals surface area contributed by atoms with E-state index in [1.54, 1.807) is 0 Å². The number of alkyl halides is 1. The summed E-state index contributed by atoms with van der Waals surface area (Å²) >= 11 is 6.09. The van der Waals surface area contributed by atoms with E-state index in [1.165, 1.54) is 16.7 Å². The summed E-state index contributed by atoms with van der Waals surface area (Å²) in [5.41, 5.74) is 5.53. The molecule has 27 heavy (non-hydrogen) atoms. The topological polar surface area (TPSA) is 30.7 Å². The van der Waals surface area contributed by atoms with Crippen LogP contribution >= 0.6 is 11.6 Å². The summed E-state index contributed by atoms with van der Waals surface area (Å²) in [4.78, 5) is 0. The van der Waals surface area contributed by atoms with Gasteiger partial charge in [-0.3, -0.25) is 0 Å². The Labute approximate surface area is 164 Å². The van der Waals surface area contributed by atoms with Crippen LogP contribution in [0, 0.1) is 0 Å². The lowest BCUT2D eigenvalue weighted by Crippen LogP contribution is -2.12. The lowest BCUT2D eigenvalue weighted by molar-refractivity contribution is 0.495. The van der Waals surface area contributed by atoms with E-state index in [9.17, 15) is 0 Å². The zero-order valence-corrected chi connectivity index (χ0v) is 15.6. The first kappa shape index (κ1) is 17.5. The van der Waals surface area contributed by atoms with E-state index in [2.05, 4.69) is 58.8 Å². The van der Waals surface area contributed by atoms with E-state index < -0.39 is 0 Å². The lowest BCUT2D eigenvalue weighted by Gasteiger charge is -2.16. The maximum absolute atomic E-state index is 6.09. The van der Waals surface area contributed by atoms with Gasteiger partial charge in [0, 0.05) is 11.4 Å². The van der Waals surface area contributed by atoms with Crippen molar-refractivity contribution in [3.63, 3.8) is 0 Å². The van der Waals surface area contributed by atoms with E-state index in [1.807, 2.05) is 47.3 Å². The molecule has 3 aromatic carbocycles. The predicted molar refractivity (Wildman–Crippen MR) is 111 cm³/mol. The van der Waals surface area contributed by atoms with E-state index in [0.717, 1.165) is 17.7 Å². The molecule has 3 nitrogen and oxygen atoms in total. The fourth-order valence-electron chi connectivity index (χ4n) is 3.25. The fraction of sp³-hybridized carbons (Fsp3) is 0.130. The minimum absolute atomic E-state index is 0.0669. The van der Waals surface area contributed by atoms with Crippen LogP contribution in [0.15, 0.2) is 91.1 Å². The monoisotopic (exact) mass is 373 g/mol. The van der Waals surface area contributed by atoms with Gasteiger partial charge in [-0.05, 0) is 23.1 Å². The SMILES string of the molecule is ClCCC(c1ccc(-c2ccccc2)cc1)n1cc(-c2ccccc2)nn1. The molecule has 0 saturated carbocycles. The Morgan fingerprint density at radius 3 is 1.96 bits per heavy atom. The summed E-state index contributed by atoms with van der Waals surface area (Å²) in [7, 11) is 0. The molecule has 1 aromatic heterocycles. The van der Waals surface area contributed by atoms with Crippen LogP contribution in [0.1, 0.15) is 18.0 Å². The van der Waals surface area contributed by atoms with Crippen molar-refractivity contribution in [1.82, 2.24) is 15.0 Å². The number of rotatable bonds is 6. The van der Waals surface area contributed by atoms with Gasteiger partial charge in [-0.15, -0.1) is 16.7 Å². The third-order valence-electron chi connectivity index (χ3n) is 4.68. The molecule has 134 valence electrons. The van der Waals surface area contributed by atoms with Crippen LogP contribution in [0.5, 0.6) is 0 Å². The largest absolute Gasteiger partial charge is 0.244 e. The van der Waals surface area contributed by atoms with Crippen molar-refractivity contribution in [3.05, 3.63) is 96.7 Å². The molecule has 1 unspecified atom stereocenters. The number of nitrogens with zero attached hydrogens (tertiary/aromatic N) is 3. The first-order chi connectivity index (χ1) is 13.3. The third kappa shape index (κ3) is 3.93. The van der Waals surface area contributed by atoms with Gasteiger partial charge in [0.25, 0.3) is 0 Å². The third-order valence-corrected chi connectivity index (χ3v) is 4.90. The number of aromatic nitrogens is 3. The molecular weight excluding hydrogens is 354 g/mol. The van der Waals surface area contributed by atoms with Gasteiger partial charge in [0.05, 0.1) is 12.2 Å². The van der Waals surface area contributed by atoms with Crippen molar-refractivity contribution in [1.29, 1.82) is 0 Å². The summed E-state index contributed by atoms with van der Waals surface area (Å²) in [5.74, 6) is 0.561. The standard InChI is InChI=1S/C23H20ClN3/c24-16-15-23(27-17-22(25-26-27)20-9-5-2-6-10-20)21-13-11-19(12-14-21)18-7-3-1-4-8-18/h1-14,17,23H,15-16H2. The highest BCUT2D eigenvalue weighted by Gasteiger charge is 2.16. The molecule has 0 saturated heterocycles. The molecule has 0 aliphatic carbocycles. The predicted octanol–water partition coefficient (Wildman–Crippen LogP) is 5.83. The second-order valence-electron chi connectivity index (χ2n) is 6.43. The Kier molecular flexibility index (Phi) is 5.31. The quantitative estimate of drug-likeness (QED) is 0.398. The minimum atomic E-state index is 0.0669. The summed E-state index contributed by atoms with van der Waals surface area (Å²) in [5, 5.41) is 8.73. The molecule has 0 N–H and O–H groups in total. The molecule has 0 amide bonds. The van der Waals surface area contributed by atoms with E-state index in [0.29, 0.717) is 5.88 Å². The molecular formula is C23H20ClN3. The molecule has 1 atom stereocenters. The van der Waals surface area contributed by atoms with E-state index in [4.69, 9.17) is 11.6 Å². The highest BCUT2D eigenvalue weighted by atomic mass is 35.5. The number of hydrogen-bond acceptors (Lipinski definition) is 2. The summed E-state index contributed by atoms with van der Waals surface area (Å²) in [6.45, 7) is 0. The molecule has 1 heterocycles. The first-order valence-corrected chi connectivity index (χ1v) is 9.57. The molecule has 0 fully saturated rings. The number of hydrogen-bond donors (Lipinski definition) is 0. The van der Waals surface area contributed by atoms with Crippen LogP contribution in [-0.2, 0) is 0 Å². The van der Waals surface area contributed by atoms with Crippen molar-refractivity contribution >= 4 is 11.6 Å². The van der Waals surface area contributed by atoms with Gasteiger partial charge in [-0.25, -0.2) is 4.68 Å². The van der Waals surface area contributed by atoms with Gasteiger partial charge >= 0.3 is 0 Å². The van der Waals surface area contributed by atoms with Gasteiger partial charge in [0.2, 0.25) is 0 Å². The average Bonchev–Trinajstić information content (AvgIpc) is 3.23. The Hall–Kier alpha value is -2.91. The first-order valence-electron chi connectivity index (χ1n) is 9.04. The molecule has 4 rings (SSSR count). The van der Waals surface area contributed by atoms with Crippen LogP contribution in [0.4, 0.5) is 0 Å². The Morgan fingerprint density at radius 1 is 0.741 bits per heavy atom. The second kappa shape index (κ2) is 8.19. The Morgan fingerprint density at radius 2 is 1.33 bits per heavy atom. The highest BCUT2D eigenvalue weighted by Crippen LogP contribution is 2.27. The van der Waals surface area contributed by atoms with Crippen molar-refractivity contribution in [3.8, 4) is 22.4 Å². The highest BCUT2D eigenvalue weighted by molar-refractivity contribution is 6.17. The number of halogens is 1. The zero-order valence-electron chi connectivity index (χ0n) is 14.9. The zero-order chi connectivity index (χ0) is 18.5. The number of benzene rings is 3. The molecule has 0 radical (unpaired) electrons. The summed E-state index contributed by atoms with van der Waals surface area (Å²) in [6.07, 6.45) is 2.79. The summed E-state index contributed by atoms with van der Waals surface area (Å²) in [6, 6.07) is 29.2. The Bertz CT molecular complexity index is 979. The van der Waals surface area contributed by atoms with Crippen LogP contribution < -0.4 is 0 Å². The smallest absolute Gasteiger partial charge is 0.113 e. The van der Waals surface area contributed by atoms with Crippen molar-refractivity contribution < 1.29 is 0 Å². The average molecular weight is 374 g/mol. The maximum Gasteiger partial charge on any atom is 0.113 e. The van der Waals surface area contributed by atoms with Gasteiger partial charge in [0.1, 0.15) is 5.69 Å². The molecule has 0 spiro atoms. The van der Waals surface area contributed by atoms with Crippen LogP contribution in [-0.4, -0.2) is 20.9 Å². The van der Waals surface area contributed by atoms with E-state index >= 15 is 0 Å². The van der Waals surface area contributed by atoms with Gasteiger partial charge in [-0.2, -0.15) is 0 Å². The molecule has 4 heteroatoms. The second-order valence-corrected chi connectivity index (χ2v) is 6.81. The van der Waals surface area contributed by atoms with E-state index in [-0.39, 0.29) is 6.04 Å². The van der Waals surface area contributed by atoms with Crippen LogP contribution in [0.25, 0.3) is 22.4 Å². The summed E-state index contributed by atoms with van der Waals surface area (Å²) < 4.78 is 1.92. The van der Waals surface area contributed by atoms with Crippen molar-refractivity contribution in [2.45, 2.75) is 12.5 Å². The van der Waals surface area contributed by atoms with Gasteiger partial charge in [-0.1, -0.05) is 90.1 Å². The minimum Gasteiger partial charge on any atom is -0.244 e. The van der Waals surface area contributed by atoms with Gasteiger partial charge in [0.15, 0.2) is 0 Å². The maximum atomic E-state index is 6.09. The van der Waals surface area contributed by atoms with Gasteiger partial charge < -0.3 is 0 Å². The Balaban J connectivity index is 1.62. The molecule has 0 aliphatic rings. The van der Waals surface area contributed by atoms with Crippen LogP contribution in [0.3, 0.4) is 0 Å². The van der Waals surface area contributed by atoms with Crippen molar-refractivity contribution in [2.75, 3.05) is 5.88 Å².